The molecule has 21 heavy (non-hydrogen) atoms. The molecule has 8 heteroatoms. The highest BCUT2D eigenvalue weighted by Crippen LogP contribution is 2.44. The molecule has 0 spiro atoms. The summed E-state index contributed by atoms with van der Waals surface area (Å²) < 4.78 is 53.2. The van der Waals surface area contributed by atoms with E-state index >= 15 is 0 Å². The largest absolute Gasteiger partial charge is 0.444 e. The van der Waals surface area contributed by atoms with Crippen LogP contribution in [-0.4, -0.2) is 38.3 Å². The number of carbonyl (C=O) groups is 1. The summed E-state index contributed by atoms with van der Waals surface area (Å²) in [5.74, 6) is -3.26. The number of halogens is 2. The van der Waals surface area contributed by atoms with Gasteiger partial charge in [0.15, 0.2) is 9.84 Å². The third-order valence-electron chi connectivity index (χ3n) is 2.85. The molecule has 0 aromatic heterocycles. The molecular weight excluding hydrogens is 304 g/mol. The maximum Gasteiger partial charge on any atom is 0.408 e. The highest BCUT2D eigenvalue weighted by Gasteiger charge is 2.48. The van der Waals surface area contributed by atoms with E-state index in [0.717, 1.165) is 11.7 Å². The molecule has 1 amide bonds. The molecule has 122 valence electrons. The molecule has 0 saturated heterocycles. The third-order valence-corrected chi connectivity index (χ3v) is 3.50. The number of alkyl carbamates (subject to hydrolysis) is 1. The SMILES string of the molecule is CC(C)(C)OC(=O)NC(/C=C/S(C)(=O)=O)C1CC(F)(F)C1. The van der Waals surface area contributed by atoms with Gasteiger partial charge in [0, 0.05) is 24.5 Å². The molecule has 1 fully saturated rings. The number of rotatable bonds is 4. The lowest BCUT2D eigenvalue weighted by atomic mass is 9.76. The van der Waals surface area contributed by atoms with Crippen LogP contribution in [0.1, 0.15) is 33.6 Å². The maximum absolute atomic E-state index is 12.9. The number of amides is 1. The van der Waals surface area contributed by atoms with Crippen molar-refractivity contribution in [3.63, 3.8) is 0 Å². The van der Waals surface area contributed by atoms with Crippen molar-refractivity contribution < 1.29 is 26.7 Å². The zero-order valence-electron chi connectivity index (χ0n) is 12.5. The topological polar surface area (TPSA) is 72.5 Å². The smallest absolute Gasteiger partial charge is 0.408 e. The van der Waals surface area contributed by atoms with Crippen molar-refractivity contribution in [3.05, 3.63) is 11.5 Å². The van der Waals surface area contributed by atoms with Crippen LogP contribution in [0.15, 0.2) is 11.5 Å². The fourth-order valence-electron chi connectivity index (χ4n) is 1.96. The van der Waals surface area contributed by atoms with E-state index in [9.17, 15) is 22.0 Å². The first-order chi connectivity index (χ1) is 9.27. The summed E-state index contributed by atoms with van der Waals surface area (Å²) in [5, 5.41) is 3.35. The highest BCUT2D eigenvalue weighted by molar-refractivity contribution is 7.93. The summed E-state index contributed by atoms with van der Waals surface area (Å²) in [5.41, 5.74) is -0.723. The molecule has 0 aromatic rings. The van der Waals surface area contributed by atoms with Gasteiger partial charge in [0.1, 0.15) is 5.60 Å². The molecule has 5 nitrogen and oxygen atoms in total. The molecule has 0 aliphatic heterocycles. The van der Waals surface area contributed by atoms with E-state index < -0.39 is 39.4 Å². The van der Waals surface area contributed by atoms with Crippen LogP contribution in [0.3, 0.4) is 0 Å². The monoisotopic (exact) mass is 325 g/mol. The summed E-state index contributed by atoms with van der Waals surface area (Å²) in [6.07, 6.45) is 0.673. The van der Waals surface area contributed by atoms with E-state index in [4.69, 9.17) is 4.74 Å². The molecule has 1 saturated carbocycles. The minimum Gasteiger partial charge on any atom is -0.444 e. The molecule has 1 aliphatic rings. The van der Waals surface area contributed by atoms with Gasteiger partial charge in [0.2, 0.25) is 5.92 Å². The second-order valence-electron chi connectivity index (χ2n) is 6.35. The average molecular weight is 325 g/mol. The number of hydrogen-bond donors (Lipinski definition) is 1. The fraction of sp³-hybridized carbons (Fsp3) is 0.769. The Hall–Kier alpha value is -1.18. The molecule has 0 bridgehead atoms. The lowest BCUT2D eigenvalue weighted by molar-refractivity contribution is -0.115. The van der Waals surface area contributed by atoms with Crippen LogP contribution < -0.4 is 5.32 Å². The van der Waals surface area contributed by atoms with E-state index in [2.05, 4.69) is 5.32 Å². The summed E-state index contributed by atoms with van der Waals surface area (Å²) in [4.78, 5) is 11.7. The van der Waals surface area contributed by atoms with E-state index in [-0.39, 0.29) is 12.8 Å². The Morgan fingerprint density at radius 3 is 2.29 bits per heavy atom. The third kappa shape index (κ3) is 6.88. The first kappa shape index (κ1) is 17.9. The number of ether oxygens (including phenoxy) is 1. The Labute approximate surface area is 123 Å². The van der Waals surface area contributed by atoms with Crippen molar-refractivity contribution >= 4 is 15.9 Å². The van der Waals surface area contributed by atoms with Crippen LogP contribution in [0.25, 0.3) is 0 Å². The number of hydrogen-bond acceptors (Lipinski definition) is 4. The predicted molar refractivity (Wildman–Crippen MR) is 74.8 cm³/mol. The number of alkyl halides is 2. The van der Waals surface area contributed by atoms with Crippen molar-refractivity contribution in [2.75, 3.05) is 6.26 Å². The fourth-order valence-corrected chi connectivity index (χ4v) is 2.41. The second kappa shape index (κ2) is 5.90. The molecule has 1 atom stereocenters. The van der Waals surface area contributed by atoms with Gasteiger partial charge in [-0.05, 0) is 26.7 Å². The van der Waals surface area contributed by atoms with Crippen LogP contribution in [0, 0.1) is 5.92 Å². The van der Waals surface area contributed by atoms with Crippen LogP contribution in [-0.2, 0) is 14.6 Å². The van der Waals surface area contributed by atoms with Crippen LogP contribution in [0.4, 0.5) is 13.6 Å². The summed E-state index contributed by atoms with van der Waals surface area (Å²) in [7, 11) is -3.40. The van der Waals surface area contributed by atoms with Gasteiger partial charge in [-0.2, -0.15) is 0 Å². The maximum atomic E-state index is 12.9. The van der Waals surface area contributed by atoms with Gasteiger partial charge in [-0.15, -0.1) is 0 Å². The van der Waals surface area contributed by atoms with Crippen LogP contribution in [0.2, 0.25) is 0 Å². The Balaban J connectivity index is 2.74. The number of sulfone groups is 1. The first-order valence-corrected chi connectivity index (χ1v) is 8.48. The van der Waals surface area contributed by atoms with Gasteiger partial charge < -0.3 is 10.1 Å². The van der Waals surface area contributed by atoms with Crippen molar-refractivity contribution in [3.8, 4) is 0 Å². The predicted octanol–water partition coefficient (Wildman–Crippen LogP) is 2.48. The molecule has 0 heterocycles. The molecule has 1 aliphatic carbocycles. The van der Waals surface area contributed by atoms with Gasteiger partial charge >= 0.3 is 6.09 Å². The van der Waals surface area contributed by atoms with Crippen molar-refractivity contribution in [2.24, 2.45) is 5.92 Å². The molecule has 1 rings (SSSR count). The van der Waals surface area contributed by atoms with Gasteiger partial charge in [0.05, 0.1) is 6.04 Å². The summed E-state index contributed by atoms with van der Waals surface area (Å²) >= 11 is 0. The Morgan fingerprint density at radius 2 is 1.90 bits per heavy atom. The quantitative estimate of drug-likeness (QED) is 0.862. The van der Waals surface area contributed by atoms with Crippen molar-refractivity contribution in [1.82, 2.24) is 5.32 Å². The standard InChI is InChI=1S/C13H21F2NO4S/c1-12(2,3)20-11(17)16-10(5-6-21(4,18)19)9-7-13(14,15)8-9/h5-6,9-10H,7-8H2,1-4H3,(H,16,17)/b6-5+. The minimum atomic E-state index is -3.40. The summed E-state index contributed by atoms with van der Waals surface area (Å²) in [6, 6.07) is -0.797. The molecule has 0 aromatic carbocycles. The zero-order valence-corrected chi connectivity index (χ0v) is 13.3. The van der Waals surface area contributed by atoms with E-state index in [0.29, 0.717) is 0 Å². The van der Waals surface area contributed by atoms with E-state index in [1.54, 1.807) is 20.8 Å². The van der Waals surface area contributed by atoms with E-state index in [1.165, 1.54) is 6.08 Å². The number of carbonyl (C=O) groups excluding carboxylic acids is 1. The minimum absolute atomic E-state index is 0.387. The normalized spacial score (nSPS) is 20.9. The summed E-state index contributed by atoms with van der Waals surface area (Å²) in [6.45, 7) is 5.02. The highest BCUT2D eigenvalue weighted by atomic mass is 32.2. The molecule has 1 unspecified atom stereocenters. The van der Waals surface area contributed by atoms with Crippen LogP contribution >= 0.6 is 0 Å². The molecular formula is C13H21F2NO4S. The van der Waals surface area contributed by atoms with Crippen LogP contribution in [0.5, 0.6) is 0 Å². The van der Waals surface area contributed by atoms with Crippen molar-refractivity contribution in [2.45, 2.75) is 51.2 Å². The molecule has 0 radical (unpaired) electrons. The van der Waals surface area contributed by atoms with Gasteiger partial charge in [-0.1, -0.05) is 6.08 Å². The Morgan fingerprint density at radius 1 is 1.38 bits per heavy atom. The lowest BCUT2D eigenvalue weighted by Gasteiger charge is -2.39. The number of nitrogens with one attached hydrogen (secondary N) is 1. The second-order valence-corrected chi connectivity index (χ2v) is 8.29. The average Bonchev–Trinajstić information content (AvgIpc) is 2.16. The molecule has 1 N–H and O–H groups in total. The van der Waals surface area contributed by atoms with Gasteiger partial charge in [-0.25, -0.2) is 22.0 Å². The Kier molecular flexibility index (Phi) is 5.02. The zero-order chi connectivity index (χ0) is 16.5. The van der Waals surface area contributed by atoms with Gasteiger partial charge in [-0.3, -0.25) is 0 Å². The lowest BCUT2D eigenvalue weighted by Crippen LogP contribution is -2.49. The van der Waals surface area contributed by atoms with Gasteiger partial charge in [0.25, 0.3) is 0 Å². The van der Waals surface area contributed by atoms with Crippen molar-refractivity contribution in [1.29, 1.82) is 0 Å². The first-order valence-electron chi connectivity index (χ1n) is 6.53. The van der Waals surface area contributed by atoms with E-state index in [1.807, 2.05) is 0 Å². The Bertz CT molecular complexity index is 515.